The van der Waals surface area contributed by atoms with Crippen LogP contribution in [0.4, 0.5) is 23.1 Å². The fraction of sp³-hybridized carbons (Fsp3) is 0.269. The van der Waals surface area contributed by atoms with Gasteiger partial charge in [-0.3, -0.25) is 4.79 Å². The lowest BCUT2D eigenvalue weighted by molar-refractivity contribution is 0.0383. The molecule has 4 rings (SSSR count). The number of nitrogens with one attached hydrogen (secondary N) is 3. The van der Waals surface area contributed by atoms with Gasteiger partial charge in [-0.1, -0.05) is 19.2 Å². The maximum absolute atomic E-state index is 12.4. The Balaban J connectivity index is 1.46. The number of aromatic amines is 1. The van der Waals surface area contributed by atoms with Crippen molar-refractivity contribution in [2.75, 3.05) is 31.8 Å². The van der Waals surface area contributed by atoms with Crippen molar-refractivity contribution in [1.82, 2.24) is 19.9 Å². The van der Waals surface area contributed by atoms with E-state index in [9.17, 15) is 4.79 Å². The molecule has 182 valence electrons. The van der Waals surface area contributed by atoms with E-state index < -0.39 is 0 Å². The molecule has 1 aromatic carbocycles. The number of ether oxygens (including phenoxy) is 2. The minimum Gasteiger partial charge on any atom is -0.493 e. The predicted octanol–water partition coefficient (Wildman–Crippen LogP) is 4.42. The van der Waals surface area contributed by atoms with Crippen LogP contribution in [0.15, 0.2) is 54.5 Å². The number of rotatable bonds is 10. The highest BCUT2D eigenvalue weighted by molar-refractivity contribution is 5.67. The molecule has 0 unspecified atom stereocenters. The van der Waals surface area contributed by atoms with Crippen LogP contribution in [0.5, 0.6) is 11.5 Å². The second-order valence-corrected chi connectivity index (χ2v) is 8.50. The van der Waals surface area contributed by atoms with Gasteiger partial charge >= 0.3 is 0 Å². The molecule has 2 aromatic heterocycles. The Labute approximate surface area is 204 Å². The average molecular weight is 475 g/mol. The van der Waals surface area contributed by atoms with Gasteiger partial charge in [0.15, 0.2) is 11.5 Å². The van der Waals surface area contributed by atoms with Crippen LogP contribution in [-0.4, -0.2) is 53.2 Å². The lowest BCUT2D eigenvalue weighted by Crippen LogP contribution is -2.46. The van der Waals surface area contributed by atoms with Crippen molar-refractivity contribution in [2.45, 2.75) is 25.0 Å². The lowest BCUT2D eigenvalue weighted by Gasteiger charge is -2.39. The smallest absolute Gasteiger partial charge is 0.272 e. The van der Waals surface area contributed by atoms with E-state index >= 15 is 0 Å². The Kier molecular flexibility index (Phi) is 7.17. The van der Waals surface area contributed by atoms with Crippen LogP contribution < -0.4 is 25.7 Å². The standard InChI is InChI=1S/C26H30N6O3/c1-6-16-12-21(25(33)30-20(16)7-2)29-24-10-11-27-26(31-24)28-17-8-9-22(23(13-17)34-5)35-19-14-18(15-19)32(3)4/h6-13,18-19H,1-2,14-15H2,3-5H3,(H,30,33)(H2,27,28,29,31). The molecule has 9 heteroatoms. The van der Waals surface area contributed by atoms with Gasteiger partial charge in [-0.15, -0.1) is 0 Å². The molecule has 3 N–H and O–H groups in total. The molecule has 1 aliphatic carbocycles. The number of H-pyrrole nitrogens is 1. The summed E-state index contributed by atoms with van der Waals surface area (Å²) in [6, 6.07) is 9.54. The van der Waals surface area contributed by atoms with Gasteiger partial charge in [0.1, 0.15) is 17.6 Å². The van der Waals surface area contributed by atoms with Gasteiger partial charge < -0.3 is 30.0 Å². The molecule has 2 heterocycles. The van der Waals surface area contributed by atoms with E-state index in [-0.39, 0.29) is 11.7 Å². The van der Waals surface area contributed by atoms with Gasteiger partial charge in [0.2, 0.25) is 5.95 Å². The summed E-state index contributed by atoms with van der Waals surface area (Å²) in [6.07, 6.45) is 7.01. The number of benzene rings is 1. The third-order valence-electron chi connectivity index (χ3n) is 5.96. The molecular weight excluding hydrogens is 444 g/mol. The van der Waals surface area contributed by atoms with Crippen LogP contribution in [-0.2, 0) is 0 Å². The highest BCUT2D eigenvalue weighted by Crippen LogP contribution is 2.36. The normalized spacial score (nSPS) is 16.8. The molecule has 0 amide bonds. The second kappa shape index (κ2) is 10.4. The molecule has 0 atom stereocenters. The zero-order chi connectivity index (χ0) is 24.9. The van der Waals surface area contributed by atoms with E-state index in [0.717, 1.165) is 24.1 Å². The summed E-state index contributed by atoms with van der Waals surface area (Å²) in [7, 11) is 5.79. The number of nitrogens with zero attached hydrogens (tertiary/aromatic N) is 3. The number of hydrogen-bond acceptors (Lipinski definition) is 8. The molecule has 1 aliphatic rings. The maximum Gasteiger partial charge on any atom is 0.272 e. The SMILES string of the molecule is C=Cc1cc(Nc2ccnc(Nc3ccc(OC4CC(N(C)C)C4)c(OC)c3)n2)c(=O)[nH]c1C=C. The molecule has 35 heavy (non-hydrogen) atoms. The Morgan fingerprint density at radius 1 is 1.11 bits per heavy atom. The Bertz CT molecular complexity index is 1280. The van der Waals surface area contributed by atoms with Gasteiger partial charge in [0.05, 0.1) is 7.11 Å². The first-order valence-corrected chi connectivity index (χ1v) is 11.3. The number of hydrogen-bond donors (Lipinski definition) is 3. The van der Waals surface area contributed by atoms with Crippen LogP contribution in [0.2, 0.25) is 0 Å². The highest BCUT2D eigenvalue weighted by atomic mass is 16.5. The summed E-state index contributed by atoms with van der Waals surface area (Å²) in [5.74, 6) is 2.16. The second-order valence-electron chi connectivity index (χ2n) is 8.50. The maximum atomic E-state index is 12.4. The molecule has 0 radical (unpaired) electrons. The van der Waals surface area contributed by atoms with E-state index in [2.05, 4.69) is 57.7 Å². The summed E-state index contributed by atoms with van der Waals surface area (Å²) < 4.78 is 11.7. The van der Waals surface area contributed by atoms with Gasteiger partial charge in [-0.2, -0.15) is 4.98 Å². The summed E-state index contributed by atoms with van der Waals surface area (Å²) in [4.78, 5) is 26.2. The fourth-order valence-electron chi connectivity index (χ4n) is 3.82. The van der Waals surface area contributed by atoms with Crippen LogP contribution in [0.25, 0.3) is 12.2 Å². The largest absolute Gasteiger partial charge is 0.493 e. The number of pyridine rings is 1. The molecule has 9 nitrogen and oxygen atoms in total. The zero-order valence-electron chi connectivity index (χ0n) is 20.2. The molecule has 0 bridgehead atoms. The first kappa shape index (κ1) is 24.0. The summed E-state index contributed by atoms with van der Waals surface area (Å²) >= 11 is 0. The molecule has 1 fully saturated rings. The van der Waals surface area contributed by atoms with Crippen molar-refractivity contribution in [1.29, 1.82) is 0 Å². The van der Waals surface area contributed by atoms with Crippen LogP contribution in [0, 0.1) is 0 Å². The minimum atomic E-state index is -0.290. The molecular formula is C26H30N6O3. The van der Waals surface area contributed by atoms with Gasteiger partial charge in [0.25, 0.3) is 5.56 Å². The molecule has 3 aromatic rings. The van der Waals surface area contributed by atoms with E-state index in [0.29, 0.717) is 40.7 Å². The number of anilines is 4. The summed E-state index contributed by atoms with van der Waals surface area (Å²) in [5.41, 5.74) is 2.15. The van der Waals surface area contributed by atoms with Crippen molar-refractivity contribution in [3.8, 4) is 11.5 Å². The zero-order valence-corrected chi connectivity index (χ0v) is 20.2. The average Bonchev–Trinajstić information content (AvgIpc) is 2.82. The first-order valence-electron chi connectivity index (χ1n) is 11.3. The first-order chi connectivity index (χ1) is 16.9. The van der Waals surface area contributed by atoms with Crippen molar-refractivity contribution < 1.29 is 9.47 Å². The van der Waals surface area contributed by atoms with Crippen LogP contribution in [0.3, 0.4) is 0 Å². The summed E-state index contributed by atoms with van der Waals surface area (Å²) in [6.45, 7) is 7.49. The van der Waals surface area contributed by atoms with E-state index in [4.69, 9.17) is 9.47 Å². The number of methoxy groups -OCH3 is 1. The monoisotopic (exact) mass is 474 g/mol. The van der Waals surface area contributed by atoms with Gasteiger partial charge in [-0.25, -0.2) is 4.98 Å². The predicted molar refractivity (Wildman–Crippen MR) is 140 cm³/mol. The molecule has 0 spiro atoms. The van der Waals surface area contributed by atoms with Crippen LogP contribution >= 0.6 is 0 Å². The van der Waals surface area contributed by atoms with E-state index in [1.807, 2.05) is 18.2 Å². The molecule has 1 saturated carbocycles. The van der Waals surface area contributed by atoms with Crippen molar-refractivity contribution in [3.05, 3.63) is 71.3 Å². The van der Waals surface area contributed by atoms with Gasteiger partial charge in [-0.05, 0) is 62.8 Å². The fourth-order valence-corrected chi connectivity index (χ4v) is 3.82. The van der Waals surface area contributed by atoms with E-state index in [1.54, 1.807) is 37.6 Å². The van der Waals surface area contributed by atoms with Crippen molar-refractivity contribution >= 4 is 35.3 Å². The Morgan fingerprint density at radius 2 is 1.91 bits per heavy atom. The van der Waals surface area contributed by atoms with Crippen molar-refractivity contribution in [2.24, 2.45) is 0 Å². The Morgan fingerprint density at radius 3 is 2.60 bits per heavy atom. The van der Waals surface area contributed by atoms with Gasteiger partial charge in [0, 0.05) is 29.7 Å². The van der Waals surface area contributed by atoms with Crippen molar-refractivity contribution in [3.63, 3.8) is 0 Å². The minimum absolute atomic E-state index is 0.187. The quantitative estimate of drug-likeness (QED) is 0.397. The summed E-state index contributed by atoms with van der Waals surface area (Å²) in [5, 5.41) is 6.21. The topological polar surface area (TPSA) is 104 Å². The Hall–Kier alpha value is -4.11. The molecule has 0 aliphatic heterocycles. The third-order valence-corrected chi connectivity index (χ3v) is 5.96. The number of aromatic nitrogens is 3. The molecule has 0 saturated heterocycles. The van der Waals surface area contributed by atoms with E-state index in [1.165, 1.54) is 0 Å². The third kappa shape index (κ3) is 5.52. The van der Waals surface area contributed by atoms with Crippen LogP contribution in [0.1, 0.15) is 24.1 Å². The highest BCUT2D eigenvalue weighted by Gasteiger charge is 2.32. The lowest BCUT2D eigenvalue weighted by atomic mass is 9.88.